The largest absolute Gasteiger partial charge is 0.324 e. The lowest BCUT2D eigenvalue weighted by atomic mass is 9.99. The summed E-state index contributed by atoms with van der Waals surface area (Å²) in [5.41, 5.74) is 7.44. The lowest BCUT2D eigenvalue weighted by Crippen LogP contribution is -2.14. The van der Waals surface area contributed by atoms with Gasteiger partial charge in [0.05, 0.1) is 5.02 Å². The smallest absolute Gasteiger partial charge is 0.145 e. The van der Waals surface area contributed by atoms with Gasteiger partial charge in [0.1, 0.15) is 5.82 Å². The molecule has 0 saturated carbocycles. The van der Waals surface area contributed by atoms with Crippen molar-refractivity contribution in [1.29, 1.82) is 0 Å². The summed E-state index contributed by atoms with van der Waals surface area (Å²) in [6.07, 6.45) is 0.360. The number of hydrogen-bond acceptors (Lipinski definition) is 1. The zero-order chi connectivity index (χ0) is 14.0. The zero-order valence-electron chi connectivity index (χ0n) is 9.84. The number of hydrogen-bond donors (Lipinski definition) is 1. The Morgan fingerprint density at radius 1 is 1.21 bits per heavy atom. The van der Waals surface area contributed by atoms with E-state index in [1.54, 1.807) is 24.3 Å². The van der Waals surface area contributed by atoms with Crippen molar-refractivity contribution in [2.24, 2.45) is 5.73 Å². The molecule has 0 radical (unpaired) electrons. The Labute approximate surface area is 129 Å². The first-order valence-corrected chi connectivity index (χ1v) is 7.16. The van der Waals surface area contributed by atoms with Gasteiger partial charge < -0.3 is 5.73 Å². The van der Waals surface area contributed by atoms with Crippen LogP contribution in [0.2, 0.25) is 10.0 Å². The maximum atomic E-state index is 13.8. The summed E-state index contributed by atoms with van der Waals surface area (Å²) >= 11 is 15.1. The van der Waals surface area contributed by atoms with E-state index in [4.69, 9.17) is 28.9 Å². The SMILES string of the molecule is NC(Cc1cccc(Cl)c1F)c1cc(Cl)cc(Br)c1. The van der Waals surface area contributed by atoms with Crippen LogP contribution in [-0.2, 0) is 6.42 Å². The van der Waals surface area contributed by atoms with Gasteiger partial charge in [0.2, 0.25) is 0 Å². The van der Waals surface area contributed by atoms with Gasteiger partial charge >= 0.3 is 0 Å². The third-order valence-corrected chi connectivity index (χ3v) is 3.75. The Bertz CT molecular complexity index is 584. The Morgan fingerprint density at radius 2 is 1.95 bits per heavy atom. The first kappa shape index (κ1) is 14.8. The number of rotatable bonds is 3. The molecule has 1 nitrogen and oxygen atoms in total. The van der Waals surface area contributed by atoms with Crippen LogP contribution < -0.4 is 5.73 Å². The van der Waals surface area contributed by atoms with Crippen molar-refractivity contribution in [2.45, 2.75) is 12.5 Å². The molecule has 0 aromatic heterocycles. The second-order valence-electron chi connectivity index (χ2n) is 4.23. The van der Waals surface area contributed by atoms with Crippen LogP contribution in [0.5, 0.6) is 0 Å². The molecule has 5 heteroatoms. The summed E-state index contributed by atoms with van der Waals surface area (Å²) in [5, 5.41) is 0.698. The van der Waals surface area contributed by atoms with Gasteiger partial charge in [-0.1, -0.05) is 51.3 Å². The molecule has 2 aromatic carbocycles. The molecule has 1 atom stereocenters. The third-order valence-electron chi connectivity index (χ3n) is 2.78. The molecule has 0 aliphatic rings. The Morgan fingerprint density at radius 3 is 2.63 bits per heavy atom. The van der Waals surface area contributed by atoms with Crippen molar-refractivity contribution < 1.29 is 4.39 Å². The second-order valence-corrected chi connectivity index (χ2v) is 5.99. The summed E-state index contributed by atoms with van der Waals surface area (Å²) in [4.78, 5) is 0. The highest BCUT2D eigenvalue weighted by Crippen LogP contribution is 2.26. The molecule has 2 aromatic rings. The van der Waals surface area contributed by atoms with Gasteiger partial charge in [-0.2, -0.15) is 0 Å². The molecule has 0 heterocycles. The standard InChI is InChI=1S/C14H11BrCl2FN/c15-10-4-9(5-11(16)7-10)13(19)6-8-2-1-3-12(17)14(8)18/h1-5,7,13H,6,19H2. The molecule has 0 aliphatic carbocycles. The number of benzene rings is 2. The first-order valence-electron chi connectivity index (χ1n) is 5.62. The fraction of sp³-hybridized carbons (Fsp3) is 0.143. The van der Waals surface area contributed by atoms with E-state index in [0.29, 0.717) is 17.0 Å². The Hall–Kier alpha value is -0.610. The molecule has 0 saturated heterocycles. The molecular weight excluding hydrogens is 352 g/mol. The van der Waals surface area contributed by atoms with Crippen molar-refractivity contribution in [2.75, 3.05) is 0 Å². The van der Waals surface area contributed by atoms with Crippen LogP contribution in [0.25, 0.3) is 0 Å². The summed E-state index contributed by atoms with van der Waals surface area (Å²) in [5.74, 6) is -0.416. The Balaban J connectivity index is 2.25. The second kappa shape index (κ2) is 6.23. The molecule has 0 bridgehead atoms. The van der Waals surface area contributed by atoms with Gasteiger partial charge in [-0.15, -0.1) is 0 Å². The third kappa shape index (κ3) is 3.69. The van der Waals surface area contributed by atoms with E-state index in [1.807, 2.05) is 6.07 Å². The average Bonchev–Trinajstić information content (AvgIpc) is 2.33. The highest BCUT2D eigenvalue weighted by molar-refractivity contribution is 9.10. The van der Waals surface area contributed by atoms with Crippen LogP contribution in [0.3, 0.4) is 0 Å². The van der Waals surface area contributed by atoms with Gasteiger partial charge in [-0.3, -0.25) is 0 Å². The maximum Gasteiger partial charge on any atom is 0.145 e. The molecule has 0 aliphatic heterocycles. The van der Waals surface area contributed by atoms with Gasteiger partial charge in [-0.05, 0) is 41.8 Å². The van der Waals surface area contributed by atoms with E-state index < -0.39 is 5.82 Å². The van der Waals surface area contributed by atoms with E-state index in [1.165, 1.54) is 6.07 Å². The van der Waals surface area contributed by atoms with E-state index in [2.05, 4.69) is 15.9 Å². The van der Waals surface area contributed by atoms with Crippen molar-refractivity contribution in [3.63, 3.8) is 0 Å². The minimum absolute atomic E-state index is 0.108. The summed E-state index contributed by atoms with van der Waals surface area (Å²) in [7, 11) is 0. The zero-order valence-corrected chi connectivity index (χ0v) is 12.9. The topological polar surface area (TPSA) is 26.0 Å². The first-order chi connectivity index (χ1) is 8.97. The molecule has 0 spiro atoms. The van der Waals surface area contributed by atoms with Crippen molar-refractivity contribution in [3.8, 4) is 0 Å². The van der Waals surface area contributed by atoms with Crippen LogP contribution in [0.4, 0.5) is 4.39 Å². The fourth-order valence-electron chi connectivity index (χ4n) is 1.85. The summed E-state index contributed by atoms with van der Waals surface area (Å²) in [6.45, 7) is 0. The fourth-order valence-corrected chi connectivity index (χ4v) is 2.93. The maximum absolute atomic E-state index is 13.8. The average molecular weight is 363 g/mol. The van der Waals surface area contributed by atoms with Crippen LogP contribution in [0.1, 0.15) is 17.2 Å². The van der Waals surface area contributed by atoms with Gasteiger partial charge in [-0.25, -0.2) is 4.39 Å². The van der Waals surface area contributed by atoms with Crippen LogP contribution in [0.15, 0.2) is 40.9 Å². The highest BCUT2D eigenvalue weighted by atomic mass is 79.9. The van der Waals surface area contributed by atoms with Gasteiger partial charge in [0.25, 0.3) is 0 Å². The van der Waals surface area contributed by atoms with Crippen molar-refractivity contribution in [3.05, 3.63) is 67.9 Å². The van der Waals surface area contributed by atoms with E-state index in [9.17, 15) is 4.39 Å². The molecule has 0 amide bonds. The predicted molar refractivity (Wildman–Crippen MR) is 81.2 cm³/mol. The van der Waals surface area contributed by atoms with Crippen molar-refractivity contribution >= 4 is 39.1 Å². The molecule has 100 valence electrons. The van der Waals surface area contributed by atoms with Crippen LogP contribution >= 0.6 is 39.1 Å². The number of nitrogens with two attached hydrogens (primary N) is 1. The molecule has 0 fully saturated rings. The minimum atomic E-state index is -0.416. The molecule has 19 heavy (non-hydrogen) atoms. The van der Waals surface area contributed by atoms with E-state index in [-0.39, 0.29) is 11.1 Å². The molecular formula is C14H11BrCl2FN. The van der Waals surface area contributed by atoms with Gasteiger partial charge in [0, 0.05) is 15.5 Å². The quantitative estimate of drug-likeness (QED) is 0.803. The van der Waals surface area contributed by atoms with Crippen LogP contribution in [0, 0.1) is 5.82 Å². The monoisotopic (exact) mass is 361 g/mol. The van der Waals surface area contributed by atoms with E-state index in [0.717, 1.165) is 10.0 Å². The van der Waals surface area contributed by atoms with Crippen molar-refractivity contribution in [1.82, 2.24) is 0 Å². The predicted octanol–water partition coefficient (Wildman–Crippen LogP) is 5.14. The molecule has 1 unspecified atom stereocenters. The Kier molecular flexibility index (Phi) is 4.85. The van der Waals surface area contributed by atoms with Crippen LogP contribution in [-0.4, -0.2) is 0 Å². The minimum Gasteiger partial charge on any atom is -0.324 e. The molecule has 2 rings (SSSR count). The lowest BCUT2D eigenvalue weighted by molar-refractivity contribution is 0.593. The summed E-state index contributed by atoms with van der Waals surface area (Å²) < 4.78 is 14.7. The highest BCUT2D eigenvalue weighted by Gasteiger charge is 2.13. The van der Waals surface area contributed by atoms with Gasteiger partial charge in [0.15, 0.2) is 0 Å². The summed E-state index contributed by atoms with van der Waals surface area (Å²) in [6, 6.07) is 9.99. The van der Waals surface area contributed by atoms with E-state index >= 15 is 0 Å². The normalized spacial score (nSPS) is 12.5. The molecule has 2 N–H and O–H groups in total. The number of halogens is 4. The lowest BCUT2D eigenvalue weighted by Gasteiger charge is -2.14.